The summed E-state index contributed by atoms with van der Waals surface area (Å²) in [5.41, 5.74) is 4.23. The Morgan fingerprint density at radius 1 is 1.32 bits per heavy atom. The van der Waals surface area contributed by atoms with Crippen LogP contribution < -0.4 is 10.1 Å². The van der Waals surface area contributed by atoms with Crippen LogP contribution in [0.15, 0.2) is 49.3 Å². The molecule has 0 aromatic carbocycles. The summed E-state index contributed by atoms with van der Waals surface area (Å²) in [5.74, 6) is 1.53. The molecule has 4 rings (SSSR count). The molecular weight excluding hydrogens is 392 g/mol. The van der Waals surface area contributed by atoms with Gasteiger partial charge in [-0.3, -0.25) is 4.40 Å². The molecule has 1 atom stereocenters. The fourth-order valence-electron chi connectivity index (χ4n) is 3.63. The highest BCUT2D eigenvalue weighted by Gasteiger charge is 2.20. The van der Waals surface area contributed by atoms with Gasteiger partial charge >= 0.3 is 0 Å². The molecule has 7 heteroatoms. The lowest BCUT2D eigenvalue weighted by molar-refractivity contribution is 0.146. The van der Waals surface area contributed by atoms with Gasteiger partial charge in [0.15, 0.2) is 0 Å². The zero-order chi connectivity index (χ0) is 21.6. The zero-order valence-electron chi connectivity index (χ0n) is 18.0. The van der Waals surface area contributed by atoms with Gasteiger partial charge in [0.25, 0.3) is 0 Å². The molecule has 0 bridgehead atoms. The largest absolute Gasteiger partial charge is 0.491 e. The third-order valence-electron chi connectivity index (χ3n) is 5.25. The van der Waals surface area contributed by atoms with Crippen LogP contribution in [0.4, 0.5) is 0 Å². The van der Waals surface area contributed by atoms with Crippen LogP contribution in [0.3, 0.4) is 0 Å². The standard InChI is InChI=1S/C24H28N4O3/c1-4-17-6-7-20(27-24(17)22(5-2)31-19-8-10-25-15-19)21-16-26-23-14-18(9-11-28(21)23)30-13-12-29-3/h4-7,9,11,14,16,19,25H,1,8,10,12-13,15H2,2-3H3/b22-5+. The summed E-state index contributed by atoms with van der Waals surface area (Å²) in [4.78, 5) is 9.48. The van der Waals surface area contributed by atoms with Crippen LogP contribution in [0.1, 0.15) is 24.6 Å². The fraction of sp³-hybridized carbons (Fsp3) is 0.333. The quantitative estimate of drug-likeness (QED) is 0.419. The average molecular weight is 421 g/mol. The summed E-state index contributed by atoms with van der Waals surface area (Å²) >= 11 is 0. The monoisotopic (exact) mass is 420 g/mol. The minimum Gasteiger partial charge on any atom is -0.491 e. The van der Waals surface area contributed by atoms with E-state index in [1.165, 1.54) is 0 Å². The summed E-state index contributed by atoms with van der Waals surface area (Å²) in [6, 6.07) is 7.83. The van der Waals surface area contributed by atoms with Gasteiger partial charge in [0.05, 0.1) is 24.2 Å². The molecule has 3 aromatic rings. The fourth-order valence-corrected chi connectivity index (χ4v) is 3.63. The van der Waals surface area contributed by atoms with E-state index in [0.29, 0.717) is 13.2 Å². The van der Waals surface area contributed by atoms with Crippen LogP contribution >= 0.6 is 0 Å². The minimum atomic E-state index is 0.154. The smallest absolute Gasteiger partial charge is 0.141 e. The molecule has 162 valence electrons. The Labute approximate surface area is 182 Å². The first-order valence-electron chi connectivity index (χ1n) is 10.5. The molecule has 1 unspecified atom stereocenters. The second-order valence-corrected chi connectivity index (χ2v) is 7.30. The van der Waals surface area contributed by atoms with Gasteiger partial charge in [-0.05, 0) is 38.1 Å². The topological polar surface area (TPSA) is 69.9 Å². The molecule has 31 heavy (non-hydrogen) atoms. The first-order valence-corrected chi connectivity index (χ1v) is 10.5. The van der Waals surface area contributed by atoms with Gasteiger partial charge < -0.3 is 19.5 Å². The molecule has 1 saturated heterocycles. The summed E-state index contributed by atoms with van der Waals surface area (Å²) in [6.45, 7) is 8.78. The summed E-state index contributed by atoms with van der Waals surface area (Å²) in [6.07, 6.45) is 8.69. The number of methoxy groups -OCH3 is 1. The van der Waals surface area contributed by atoms with Crippen molar-refractivity contribution in [1.29, 1.82) is 0 Å². The normalized spacial score (nSPS) is 16.6. The van der Waals surface area contributed by atoms with Crippen molar-refractivity contribution in [3.05, 3.63) is 60.6 Å². The number of pyridine rings is 2. The molecule has 4 heterocycles. The molecule has 7 nitrogen and oxygen atoms in total. The number of imidazole rings is 1. The molecule has 1 N–H and O–H groups in total. The van der Waals surface area contributed by atoms with Crippen LogP contribution in [-0.4, -0.2) is 53.9 Å². The number of fused-ring (bicyclic) bond motifs is 1. The maximum absolute atomic E-state index is 6.25. The first kappa shape index (κ1) is 21.1. The second kappa shape index (κ2) is 9.76. The third-order valence-corrected chi connectivity index (χ3v) is 5.25. The van der Waals surface area contributed by atoms with E-state index in [4.69, 9.17) is 19.2 Å². The van der Waals surface area contributed by atoms with E-state index in [1.807, 2.05) is 60.1 Å². The lowest BCUT2D eigenvalue weighted by atomic mass is 10.1. The summed E-state index contributed by atoms with van der Waals surface area (Å²) in [7, 11) is 1.65. The van der Waals surface area contributed by atoms with Crippen LogP contribution in [0.5, 0.6) is 5.75 Å². The highest BCUT2D eigenvalue weighted by molar-refractivity contribution is 5.71. The molecule has 0 radical (unpaired) electrons. The van der Waals surface area contributed by atoms with Crippen molar-refractivity contribution >= 4 is 17.5 Å². The predicted octanol–water partition coefficient (Wildman–Crippen LogP) is 3.80. The zero-order valence-corrected chi connectivity index (χ0v) is 18.0. The molecular formula is C24H28N4O3. The third kappa shape index (κ3) is 4.62. The second-order valence-electron chi connectivity index (χ2n) is 7.30. The predicted molar refractivity (Wildman–Crippen MR) is 122 cm³/mol. The molecule has 0 saturated carbocycles. The first-order chi connectivity index (χ1) is 15.2. The van der Waals surface area contributed by atoms with Crippen molar-refractivity contribution in [2.75, 3.05) is 33.4 Å². The van der Waals surface area contributed by atoms with Gasteiger partial charge in [0.2, 0.25) is 0 Å². The van der Waals surface area contributed by atoms with E-state index in [0.717, 1.165) is 59.3 Å². The summed E-state index contributed by atoms with van der Waals surface area (Å²) in [5, 5.41) is 3.33. The van der Waals surface area contributed by atoms with Gasteiger partial charge in [-0.15, -0.1) is 0 Å². The van der Waals surface area contributed by atoms with Crippen LogP contribution in [0, 0.1) is 0 Å². The molecule has 1 fully saturated rings. The maximum atomic E-state index is 6.25. The number of hydrogen-bond acceptors (Lipinski definition) is 6. The number of nitrogens with zero attached hydrogens (tertiary/aromatic N) is 3. The number of aromatic nitrogens is 3. The number of rotatable bonds is 9. The molecule has 1 aliphatic heterocycles. The van der Waals surface area contributed by atoms with Gasteiger partial charge in [-0.1, -0.05) is 18.7 Å². The van der Waals surface area contributed by atoms with Crippen molar-refractivity contribution in [2.45, 2.75) is 19.4 Å². The Morgan fingerprint density at radius 2 is 2.23 bits per heavy atom. The van der Waals surface area contributed by atoms with E-state index in [1.54, 1.807) is 7.11 Å². The number of allylic oxidation sites excluding steroid dienone is 1. The van der Waals surface area contributed by atoms with Crippen molar-refractivity contribution < 1.29 is 14.2 Å². The summed E-state index contributed by atoms with van der Waals surface area (Å²) < 4.78 is 19.0. The SMILES string of the molecule is C=Cc1ccc(-c2cnc3cc(OCCOC)ccn23)nc1/C(=C\C)OC1CCNC1. The Balaban J connectivity index is 1.65. The number of nitrogens with one attached hydrogen (secondary N) is 1. The Hall–Kier alpha value is -3.16. The van der Waals surface area contributed by atoms with E-state index in [9.17, 15) is 0 Å². The lowest BCUT2D eigenvalue weighted by Crippen LogP contribution is -2.16. The average Bonchev–Trinajstić information content (AvgIpc) is 3.47. The van der Waals surface area contributed by atoms with E-state index < -0.39 is 0 Å². The van der Waals surface area contributed by atoms with Gasteiger partial charge in [0.1, 0.15) is 35.6 Å². The van der Waals surface area contributed by atoms with Crippen molar-refractivity contribution in [2.24, 2.45) is 0 Å². The Kier molecular flexibility index (Phi) is 6.64. The Bertz CT molecular complexity index is 1080. The molecule has 0 spiro atoms. The highest BCUT2D eigenvalue weighted by atomic mass is 16.5. The Morgan fingerprint density at radius 3 is 2.97 bits per heavy atom. The van der Waals surface area contributed by atoms with E-state index >= 15 is 0 Å². The van der Waals surface area contributed by atoms with Crippen LogP contribution in [0.25, 0.3) is 28.9 Å². The molecule has 0 amide bonds. The van der Waals surface area contributed by atoms with Crippen molar-refractivity contribution in [3.8, 4) is 17.1 Å². The molecule has 3 aromatic heterocycles. The van der Waals surface area contributed by atoms with Crippen LogP contribution in [-0.2, 0) is 9.47 Å². The van der Waals surface area contributed by atoms with Crippen molar-refractivity contribution in [3.63, 3.8) is 0 Å². The van der Waals surface area contributed by atoms with E-state index in [2.05, 4.69) is 16.9 Å². The van der Waals surface area contributed by atoms with Gasteiger partial charge in [0, 0.05) is 31.5 Å². The maximum Gasteiger partial charge on any atom is 0.141 e. The lowest BCUT2D eigenvalue weighted by Gasteiger charge is -2.17. The van der Waals surface area contributed by atoms with Crippen molar-refractivity contribution in [1.82, 2.24) is 19.7 Å². The highest BCUT2D eigenvalue weighted by Crippen LogP contribution is 2.28. The minimum absolute atomic E-state index is 0.154. The van der Waals surface area contributed by atoms with Gasteiger partial charge in [-0.25, -0.2) is 9.97 Å². The molecule has 1 aliphatic rings. The van der Waals surface area contributed by atoms with E-state index in [-0.39, 0.29) is 6.10 Å². The molecule has 0 aliphatic carbocycles. The van der Waals surface area contributed by atoms with Gasteiger partial charge in [-0.2, -0.15) is 0 Å². The number of ether oxygens (including phenoxy) is 3. The number of hydrogen-bond donors (Lipinski definition) is 1. The van der Waals surface area contributed by atoms with Crippen LogP contribution in [0.2, 0.25) is 0 Å².